The molecule has 1 aromatic carbocycles. The third kappa shape index (κ3) is 4.25. The zero-order valence-electron chi connectivity index (χ0n) is 15.6. The van der Waals surface area contributed by atoms with Gasteiger partial charge in [-0.05, 0) is 25.6 Å². The number of halogens is 2. The van der Waals surface area contributed by atoms with Gasteiger partial charge in [0.05, 0.1) is 11.8 Å². The molecule has 1 saturated heterocycles. The summed E-state index contributed by atoms with van der Waals surface area (Å²) in [6.45, 7) is 1.75. The fraction of sp³-hybridized carbons (Fsp3) is 0.250. The van der Waals surface area contributed by atoms with E-state index in [1.807, 2.05) is 7.05 Å². The zero-order valence-corrected chi connectivity index (χ0v) is 16.4. The average Bonchev–Trinajstić information content (AvgIpc) is 3.33. The molecule has 1 aliphatic heterocycles. The summed E-state index contributed by atoms with van der Waals surface area (Å²) >= 11 is 0.996. The van der Waals surface area contributed by atoms with Crippen molar-refractivity contribution in [3.63, 3.8) is 0 Å². The standard InChI is InChI=1S/C20H18F2N4O2S/c1-26-8-6-12(10-26)28-17-5-7-23-9-15(17)24-19(27)16-11-29-20(25-16)18-13(21)3-2-4-14(18)22/h2-5,7,9,11-12H,6,8,10H2,1H3,(H,24,27). The molecule has 4 rings (SSSR count). The first-order valence-corrected chi connectivity index (χ1v) is 9.89. The summed E-state index contributed by atoms with van der Waals surface area (Å²) in [5, 5.41) is 4.28. The molecule has 0 spiro atoms. The third-order valence-electron chi connectivity index (χ3n) is 4.58. The van der Waals surface area contributed by atoms with E-state index in [0.717, 1.165) is 43.0 Å². The number of likely N-dealkylation sites (N-methyl/N-ethyl adjacent to an activating group) is 1. The van der Waals surface area contributed by atoms with E-state index in [1.54, 1.807) is 12.3 Å². The van der Waals surface area contributed by atoms with Crippen LogP contribution in [0.25, 0.3) is 10.6 Å². The number of hydrogen-bond donors (Lipinski definition) is 1. The monoisotopic (exact) mass is 416 g/mol. The number of nitrogens with one attached hydrogen (secondary N) is 1. The van der Waals surface area contributed by atoms with Gasteiger partial charge in [-0.1, -0.05) is 6.07 Å². The van der Waals surface area contributed by atoms with Gasteiger partial charge in [-0.15, -0.1) is 11.3 Å². The fourth-order valence-electron chi connectivity index (χ4n) is 3.13. The van der Waals surface area contributed by atoms with Gasteiger partial charge in [0.25, 0.3) is 5.91 Å². The number of carbonyl (C=O) groups excluding carboxylic acids is 1. The number of anilines is 1. The lowest BCUT2D eigenvalue weighted by atomic mass is 10.2. The number of benzene rings is 1. The largest absolute Gasteiger partial charge is 0.487 e. The molecule has 1 atom stereocenters. The van der Waals surface area contributed by atoms with Gasteiger partial charge < -0.3 is 15.0 Å². The summed E-state index contributed by atoms with van der Waals surface area (Å²) in [6.07, 6.45) is 4.02. The van der Waals surface area contributed by atoms with Gasteiger partial charge in [0.15, 0.2) is 0 Å². The molecule has 1 unspecified atom stereocenters. The Kier molecular flexibility index (Phi) is 5.50. The van der Waals surface area contributed by atoms with Crippen LogP contribution in [-0.4, -0.2) is 47.0 Å². The Morgan fingerprint density at radius 3 is 2.83 bits per heavy atom. The number of ether oxygens (including phenoxy) is 1. The van der Waals surface area contributed by atoms with Gasteiger partial charge in [0.1, 0.15) is 39.9 Å². The zero-order chi connectivity index (χ0) is 20.4. The Morgan fingerprint density at radius 2 is 2.10 bits per heavy atom. The van der Waals surface area contributed by atoms with Crippen LogP contribution in [0.3, 0.4) is 0 Å². The van der Waals surface area contributed by atoms with Crippen molar-refractivity contribution < 1.29 is 18.3 Å². The maximum Gasteiger partial charge on any atom is 0.275 e. The average molecular weight is 416 g/mol. The fourth-order valence-corrected chi connectivity index (χ4v) is 3.98. The second-order valence-corrected chi connectivity index (χ2v) is 7.61. The molecular formula is C20H18F2N4O2S. The number of amides is 1. The van der Waals surface area contributed by atoms with Gasteiger partial charge in [0.2, 0.25) is 0 Å². The predicted molar refractivity (Wildman–Crippen MR) is 106 cm³/mol. The summed E-state index contributed by atoms with van der Waals surface area (Å²) in [5.74, 6) is -1.44. The van der Waals surface area contributed by atoms with Gasteiger partial charge in [-0.2, -0.15) is 0 Å². The number of rotatable bonds is 5. The molecule has 0 aliphatic carbocycles. The van der Waals surface area contributed by atoms with Gasteiger partial charge in [0, 0.05) is 30.7 Å². The molecule has 29 heavy (non-hydrogen) atoms. The molecule has 2 aromatic heterocycles. The minimum atomic E-state index is -0.726. The number of thiazole rings is 1. The first-order chi connectivity index (χ1) is 14.0. The molecule has 9 heteroatoms. The van der Waals surface area contributed by atoms with E-state index in [0.29, 0.717) is 11.4 Å². The quantitative estimate of drug-likeness (QED) is 0.685. The molecular weight excluding hydrogens is 398 g/mol. The van der Waals surface area contributed by atoms with Crippen LogP contribution in [0.4, 0.5) is 14.5 Å². The van der Waals surface area contributed by atoms with Crippen molar-refractivity contribution in [2.24, 2.45) is 0 Å². The summed E-state index contributed by atoms with van der Waals surface area (Å²) < 4.78 is 33.9. The van der Waals surface area contributed by atoms with Crippen LogP contribution in [0, 0.1) is 11.6 Å². The minimum absolute atomic E-state index is 0.0351. The van der Waals surface area contributed by atoms with Crippen LogP contribution < -0.4 is 10.1 Å². The Labute approximate surface area is 170 Å². The van der Waals surface area contributed by atoms with Crippen molar-refractivity contribution in [3.8, 4) is 16.3 Å². The normalized spacial score (nSPS) is 16.7. The number of hydrogen-bond acceptors (Lipinski definition) is 6. The molecule has 1 N–H and O–H groups in total. The highest BCUT2D eigenvalue weighted by Crippen LogP contribution is 2.30. The highest BCUT2D eigenvalue weighted by atomic mass is 32.1. The van der Waals surface area contributed by atoms with Crippen LogP contribution in [0.15, 0.2) is 42.0 Å². The molecule has 0 saturated carbocycles. The Morgan fingerprint density at radius 1 is 1.31 bits per heavy atom. The lowest BCUT2D eigenvalue weighted by molar-refractivity contribution is 0.102. The molecule has 6 nitrogen and oxygen atoms in total. The molecule has 3 aromatic rings. The topological polar surface area (TPSA) is 67.3 Å². The maximum absolute atomic E-state index is 14.0. The van der Waals surface area contributed by atoms with Crippen molar-refractivity contribution in [1.29, 1.82) is 0 Å². The highest BCUT2D eigenvalue weighted by Gasteiger charge is 2.23. The highest BCUT2D eigenvalue weighted by molar-refractivity contribution is 7.13. The molecule has 3 heterocycles. The Hall–Kier alpha value is -2.91. The molecule has 150 valence electrons. The van der Waals surface area contributed by atoms with E-state index in [1.165, 1.54) is 17.6 Å². The van der Waals surface area contributed by atoms with E-state index in [2.05, 4.69) is 20.2 Å². The van der Waals surface area contributed by atoms with Crippen LogP contribution in [0.5, 0.6) is 5.75 Å². The summed E-state index contributed by atoms with van der Waals surface area (Å²) in [5.41, 5.74) is 0.231. The summed E-state index contributed by atoms with van der Waals surface area (Å²) in [4.78, 5) is 22.9. The molecule has 1 fully saturated rings. The number of pyridine rings is 1. The van der Waals surface area contributed by atoms with Gasteiger partial charge in [-0.25, -0.2) is 13.8 Å². The molecule has 0 bridgehead atoms. The van der Waals surface area contributed by atoms with E-state index < -0.39 is 17.5 Å². The van der Waals surface area contributed by atoms with E-state index in [-0.39, 0.29) is 22.4 Å². The number of carbonyl (C=O) groups is 1. The Bertz CT molecular complexity index is 1020. The van der Waals surface area contributed by atoms with Crippen LogP contribution >= 0.6 is 11.3 Å². The Balaban J connectivity index is 1.51. The van der Waals surface area contributed by atoms with Crippen molar-refractivity contribution in [2.75, 3.05) is 25.5 Å². The first kappa shape index (κ1) is 19.4. The number of likely N-dealkylation sites (tertiary alicyclic amines) is 1. The summed E-state index contributed by atoms with van der Waals surface area (Å²) in [6, 6.07) is 5.27. The minimum Gasteiger partial charge on any atom is -0.487 e. The third-order valence-corrected chi connectivity index (χ3v) is 5.44. The van der Waals surface area contributed by atoms with Crippen molar-refractivity contribution in [1.82, 2.24) is 14.9 Å². The number of nitrogens with zero attached hydrogens (tertiary/aromatic N) is 3. The molecule has 1 amide bonds. The van der Waals surface area contributed by atoms with Crippen molar-refractivity contribution >= 4 is 22.9 Å². The van der Waals surface area contributed by atoms with Crippen LogP contribution in [0.1, 0.15) is 16.9 Å². The maximum atomic E-state index is 14.0. The van der Waals surface area contributed by atoms with Crippen molar-refractivity contribution in [2.45, 2.75) is 12.5 Å². The molecule has 0 radical (unpaired) electrons. The molecule has 1 aliphatic rings. The van der Waals surface area contributed by atoms with Crippen LogP contribution in [0.2, 0.25) is 0 Å². The van der Waals surface area contributed by atoms with Crippen LogP contribution in [-0.2, 0) is 0 Å². The van der Waals surface area contributed by atoms with Gasteiger partial charge >= 0.3 is 0 Å². The van der Waals surface area contributed by atoms with E-state index in [9.17, 15) is 13.6 Å². The first-order valence-electron chi connectivity index (χ1n) is 9.01. The van der Waals surface area contributed by atoms with Crippen molar-refractivity contribution in [3.05, 3.63) is 59.4 Å². The predicted octanol–water partition coefficient (Wildman–Crippen LogP) is 3.82. The lowest BCUT2D eigenvalue weighted by Gasteiger charge is -2.16. The van der Waals surface area contributed by atoms with E-state index >= 15 is 0 Å². The summed E-state index contributed by atoms with van der Waals surface area (Å²) in [7, 11) is 2.02. The van der Waals surface area contributed by atoms with Gasteiger partial charge in [-0.3, -0.25) is 9.78 Å². The SMILES string of the molecule is CN1CCC(Oc2ccncc2NC(=O)c2csc(-c3c(F)cccc3F)n2)C1. The lowest BCUT2D eigenvalue weighted by Crippen LogP contribution is -2.22. The second kappa shape index (κ2) is 8.22. The smallest absolute Gasteiger partial charge is 0.275 e. The van der Waals surface area contributed by atoms with E-state index in [4.69, 9.17) is 4.74 Å². The second-order valence-electron chi connectivity index (χ2n) is 6.75. The number of aromatic nitrogens is 2.